The van der Waals surface area contributed by atoms with Gasteiger partial charge < -0.3 is 0 Å². The Labute approximate surface area is 151 Å². The van der Waals surface area contributed by atoms with E-state index in [4.69, 9.17) is 0 Å². The first kappa shape index (κ1) is 18.0. The van der Waals surface area contributed by atoms with Gasteiger partial charge in [-0.15, -0.1) is 11.3 Å². The quantitative estimate of drug-likeness (QED) is 0.866. The summed E-state index contributed by atoms with van der Waals surface area (Å²) in [6.07, 6.45) is 3.08. The van der Waals surface area contributed by atoms with Crippen LogP contribution in [0.3, 0.4) is 0 Å². The highest BCUT2D eigenvalue weighted by atomic mass is 32.2. The standard InChI is InChI=1S/C17H21N3O3S2/c1-11(2)20(3)25(22,23)13-7-4-6-12(10-13)16(21)19-17-18-14-8-5-9-15(14)24-17/h4,6-7,10-11H,5,8-9H2,1-3H3,(H,18,19,21). The maximum atomic E-state index is 12.6. The van der Waals surface area contributed by atoms with Crippen LogP contribution in [0, 0.1) is 0 Å². The summed E-state index contributed by atoms with van der Waals surface area (Å²) < 4.78 is 26.5. The molecule has 1 aromatic heterocycles. The van der Waals surface area contributed by atoms with E-state index in [9.17, 15) is 13.2 Å². The Kier molecular flexibility index (Phi) is 4.95. The van der Waals surface area contributed by atoms with Crippen LogP contribution in [0.2, 0.25) is 0 Å². The Hall–Kier alpha value is -1.77. The average molecular weight is 380 g/mol. The summed E-state index contributed by atoms with van der Waals surface area (Å²) in [5.74, 6) is -0.350. The third-order valence-corrected chi connectivity index (χ3v) is 7.42. The number of aryl methyl sites for hydroxylation is 2. The van der Waals surface area contributed by atoms with Crippen molar-refractivity contribution in [2.75, 3.05) is 12.4 Å². The highest BCUT2D eigenvalue weighted by Gasteiger charge is 2.24. The fourth-order valence-electron chi connectivity index (χ4n) is 2.65. The van der Waals surface area contributed by atoms with Crippen molar-refractivity contribution in [3.8, 4) is 0 Å². The first-order chi connectivity index (χ1) is 11.8. The maximum Gasteiger partial charge on any atom is 0.257 e. The zero-order valence-corrected chi connectivity index (χ0v) is 16.1. The number of aromatic nitrogens is 1. The van der Waals surface area contributed by atoms with Crippen molar-refractivity contribution in [1.29, 1.82) is 0 Å². The highest BCUT2D eigenvalue weighted by molar-refractivity contribution is 7.89. The second-order valence-electron chi connectivity index (χ2n) is 6.34. The van der Waals surface area contributed by atoms with E-state index in [-0.39, 0.29) is 16.8 Å². The van der Waals surface area contributed by atoms with Crippen molar-refractivity contribution in [3.63, 3.8) is 0 Å². The van der Waals surface area contributed by atoms with Gasteiger partial charge in [0.2, 0.25) is 10.0 Å². The molecular weight excluding hydrogens is 358 g/mol. The van der Waals surface area contributed by atoms with Gasteiger partial charge in [0, 0.05) is 23.5 Å². The number of thiazole rings is 1. The Morgan fingerprint density at radius 1 is 1.32 bits per heavy atom. The first-order valence-corrected chi connectivity index (χ1v) is 10.4. The molecule has 0 fully saturated rings. The van der Waals surface area contributed by atoms with Crippen molar-refractivity contribution >= 4 is 32.4 Å². The van der Waals surface area contributed by atoms with Gasteiger partial charge in [-0.3, -0.25) is 10.1 Å². The average Bonchev–Trinajstić information content (AvgIpc) is 3.15. The summed E-state index contributed by atoms with van der Waals surface area (Å²) in [5, 5.41) is 3.35. The second-order valence-corrected chi connectivity index (χ2v) is 9.42. The third-order valence-electron chi connectivity index (χ3n) is 4.32. The van der Waals surface area contributed by atoms with Gasteiger partial charge in [-0.05, 0) is 51.3 Å². The van der Waals surface area contributed by atoms with Crippen LogP contribution >= 0.6 is 11.3 Å². The number of benzene rings is 1. The van der Waals surface area contributed by atoms with E-state index in [2.05, 4.69) is 10.3 Å². The third kappa shape index (κ3) is 3.61. The molecule has 0 atom stereocenters. The fraction of sp³-hybridized carbons (Fsp3) is 0.412. The molecule has 1 heterocycles. The van der Waals surface area contributed by atoms with Crippen LogP contribution in [-0.4, -0.2) is 36.7 Å². The fourth-order valence-corrected chi connectivity index (χ4v) is 5.11. The van der Waals surface area contributed by atoms with Crippen molar-refractivity contribution < 1.29 is 13.2 Å². The van der Waals surface area contributed by atoms with E-state index >= 15 is 0 Å². The van der Waals surface area contributed by atoms with Gasteiger partial charge in [0.05, 0.1) is 10.6 Å². The second kappa shape index (κ2) is 6.86. The van der Waals surface area contributed by atoms with Gasteiger partial charge in [0.25, 0.3) is 5.91 Å². The molecule has 1 amide bonds. The Balaban J connectivity index is 1.82. The lowest BCUT2D eigenvalue weighted by atomic mass is 10.2. The van der Waals surface area contributed by atoms with E-state index < -0.39 is 10.0 Å². The largest absolute Gasteiger partial charge is 0.298 e. The van der Waals surface area contributed by atoms with E-state index in [0.717, 1.165) is 25.0 Å². The molecule has 134 valence electrons. The molecule has 0 saturated carbocycles. The van der Waals surface area contributed by atoms with Crippen LogP contribution in [0.1, 0.15) is 41.2 Å². The van der Waals surface area contributed by atoms with Gasteiger partial charge in [0.15, 0.2) is 5.13 Å². The van der Waals surface area contributed by atoms with Crippen molar-refractivity contribution in [3.05, 3.63) is 40.4 Å². The van der Waals surface area contributed by atoms with Crippen molar-refractivity contribution in [2.24, 2.45) is 0 Å². The normalized spacial score (nSPS) is 14.1. The van der Waals surface area contributed by atoms with E-state index in [1.807, 2.05) is 0 Å². The molecule has 2 aromatic rings. The summed E-state index contributed by atoms with van der Waals surface area (Å²) >= 11 is 1.49. The van der Waals surface area contributed by atoms with Gasteiger partial charge >= 0.3 is 0 Å². The van der Waals surface area contributed by atoms with E-state index in [1.54, 1.807) is 26.0 Å². The highest BCUT2D eigenvalue weighted by Crippen LogP contribution is 2.30. The number of carbonyl (C=O) groups is 1. The summed E-state index contributed by atoms with van der Waals surface area (Å²) in [4.78, 5) is 18.2. The topological polar surface area (TPSA) is 79.4 Å². The minimum absolute atomic E-state index is 0.109. The predicted octanol–water partition coefficient (Wildman–Crippen LogP) is 2.91. The molecule has 1 aliphatic carbocycles. The molecule has 1 aromatic carbocycles. The summed E-state index contributed by atoms with van der Waals surface area (Å²) in [6.45, 7) is 3.60. The number of nitrogens with one attached hydrogen (secondary N) is 1. The number of sulfonamides is 1. The van der Waals surface area contributed by atoms with Crippen molar-refractivity contribution in [2.45, 2.75) is 44.0 Å². The Morgan fingerprint density at radius 2 is 2.08 bits per heavy atom. The van der Waals surface area contributed by atoms with Gasteiger partial charge in [-0.1, -0.05) is 6.07 Å². The smallest absolute Gasteiger partial charge is 0.257 e. The van der Waals surface area contributed by atoms with Crippen LogP contribution in [-0.2, 0) is 22.9 Å². The number of nitrogens with zero attached hydrogens (tertiary/aromatic N) is 2. The molecule has 3 rings (SSSR count). The molecule has 0 unspecified atom stereocenters. The molecule has 25 heavy (non-hydrogen) atoms. The molecule has 0 saturated heterocycles. The maximum absolute atomic E-state index is 12.6. The van der Waals surface area contributed by atoms with Crippen molar-refractivity contribution in [1.82, 2.24) is 9.29 Å². The SMILES string of the molecule is CC(C)N(C)S(=O)(=O)c1cccc(C(=O)Nc2nc3c(s2)CCC3)c1. The molecule has 0 aliphatic heterocycles. The van der Waals surface area contributed by atoms with E-state index in [1.165, 1.54) is 39.7 Å². The number of hydrogen-bond acceptors (Lipinski definition) is 5. The van der Waals surface area contributed by atoms with Crippen LogP contribution in [0.4, 0.5) is 5.13 Å². The first-order valence-electron chi connectivity index (χ1n) is 8.17. The molecule has 0 bridgehead atoms. The summed E-state index contributed by atoms with van der Waals surface area (Å²) in [6, 6.07) is 5.93. The monoisotopic (exact) mass is 379 g/mol. The molecule has 6 nitrogen and oxygen atoms in total. The molecule has 1 aliphatic rings. The Morgan fingerprint density at radius 3 is 2.76 bits per heavy atom. The van der Waals surface area contributed by atoms with Crippen LogP contribution in [0.25, 0.3) is 0 Å². The molecule has 8 heteroatoms. The number of amides is 1. The number of fused-ring (bicyclic) bond motifs is 1. The number of rotatable bonds is 5. The lowest BCUT2D eigenvalue weighted by Crippen LogP contribution is -2.33. The molecule has 0 spiro atoms. The zero-order valence-electron chi connectivity index (χ0n) is 14.4. The lowest BCUT2D eigenvalue weighted by Gasteiger charge is -2.21. The number of anilines is 1. The Bertz CT molecular complexity index is 882. The minimum Gasteiger partial charge on any atom is -0.298 e. The van der Waals surface area contributed by atoms with Crippen LogP contribution < -0.4 is 5.32 Å². The lowest BCUT2D eigenvalue weighted by molar-refractivity contribution is 0.102. The number of carbonyl (C=O) groups excluding carboxylic acids is 1. The van der Waals surface area contributed by atoms with Gasteiger partial charge in [-0.25, -0.2) is 13.4 Å². The van der Waals surface area contributed by atoms with E-state index in [0.29, 0.717) is 10.7 Å². The predicted molar refractivity (Wildman–Crippen MR) is 98.6 cm³/mol. The molecule has 0 radical (unpaired) electrons. The van der Waals surface area contributed by atoms with Crippen LogP contribution in [0.5, 0.6) is 0 Å². The van der Waals surface area contributed by atoms with Crippen LogP contribution in [0.15, 0.2) is 29.2 Å². The molecule has 1 N–H and O–H groups in total. The van der Waals surface area contributed by atoms with Gasteiger partial charge in [0.1, 0.15) is 0 Å². The number of hydrogen-bond donors (Lipinski definition) is 1. The minimum atomic E-state index is -3.62. The zero-order chi connectivity index (χ0) is 18.2. The summed E-state index contributed by atoms with van der Waals surface area (Å²) in [7, 11) is -2.09. The molecular formula is C17H21N3O3S2. The summed E-state index contributed by atoms with van der Waals surface area (Å²) in [5.41, 5.74) is 1.36. The van der Waals surface area contributed by atoms with Gasteiger partial charge in [-0.2, -0.15) is 4.31 Å².